The molecular formula is C8H10N2O3S. The fraction of sp³-hybridized carbons (Fsp3) is 0.250. The highest BCUT2D eigenvalue weighted by Crippen LogP contribution is 2.19. The maximum atomic E-state index is 10.3. The van der Waals surface area contributed by atoms with Crippen LogP contribution in [0.25, 0.3) is 0 Å². The fourth-order valence-corrected chi connectivity index (χ4v) is 1.20. The van der Waals surface area contributed by atoms with Crippen LogP contribution < -0.4 is 0 Å². The van der Waals surface area contributed by atoms with Crippen molar-refractivity contribution in [3.63, 3.8) is 0 Å². The van der Waals surface area contributed by atoms with Crippen molar-refractivity contribution in [1.82, 2.24) is 0 Å². The Morgan fingerprint density at radius 2 is 1.93 bits per heavy atom. The van der Waals surface area contributed by atoms with Gasteiger partial charge in [-0.15, -0.1) is 5.11 Å². The summed E-state index contributed by atoms with van der Waals surface area (Å²) < 4.78 is 31.7. The summed E-state index contributed by atoms with van der Waals surface area (Å²) in [5, 5.41) is 3.41. The molecule has 0 aliphatic heterocycles. The monoisotopic (exact) mass is 214 g/mol. The average molecular weight is 214 g/mol. The van der Waals surface area contributed by atoms with Gasteiger partial charge in [0.1, 0.15) is 0 Å². The quantitative estimate of drug-likeness (QED) is 0.605. The highest BCUT2D eigenvalue weighted by atomic mass is 32.2. The van der Waals surface area contributed by atoms with Crippen molar-refractivity contribution in [1.29, 1.82) is 0 Å². The van der Waals surface area contributed by atoms with E-state index in [0.29, 0.717) is 5.69 Å². The van der Waals surface area contributed by atoms with Crippen molar-refractivity contribution < 1.29 is 13.0 Å². The molecule has 0 radical (unpaired) electrons. The first-order valence-electron chi connectivity index (χ1n) is 3.86. The molecule has 0 fully saturated rings. The van der Waals surface area contributed by atoms with Gasteiger partial charge < -0.3 is 0 Å². The molecule has 0 atom stereocenters. The van der Waals surface area contributed by atoms with E-state index in [9.17, 15) is 8.42 Å². The fourth-order valence-electron chi connectivity index (χ4n) is 1.01. The molecule has 76 valence electrons. The molecule has 1 rings (SSSR count). The van der Waals surface area contributed by atoms with Gasteiger partial charge in [0, 0.05) is 0 Å². The second-order valence-electron chi connectivity index (χ2n) is 2.92. The Bertz CT molecular complexity index is 465. The minimum absolute atomic E-state index is 0.424. The lowest BCUT2D eigenvalue weighted by molar-refractivity contribution is 0.482. The van der Waals surface area contributed by atoms with Crippen molar-refractivity contribution >= 4 is 16.0 Å². The van der Waals surface area contributed by atoms with Crippen LogP contribution in [0.2, 0.25) is 0 Å². The third-order valence-electron chi connectivity index (χ3n) is 1.60. The molecule has 6 heteroatoms. The smallest absolute Gasteiger partial charge is 0.267 e. The van der Waals surface area contributed by atoms with Crippen molar-refractivity contribution in [2.45, 2.75) is 13.8 Å². The van der Waals surface area contributed by atoms with Crippen LogP contribution in [0.15, 0.2) is 27.8 Å². The zero-order chi connectivity index (χ0) is 10.8. The third kappa shape index (κ3) is 3.23. The van der Waals surface area contributed by atoms with Gasteiger partial charge >= 0.3 is 10.3 Å². The lowest BCUT2D eigenvalue weighted by Gasteiger charge is -1.98. The Hall–Kier alpha value is -1.27. The maximum Gasteiger partial charge on any atom is 0.396 e. The van der Waals surface area contributed by atoms with E-state index < -0.39 is 10.3 Å². The summed E-state index contributed by atoms with van der Waals surface area (Å²) in [7, 11) is -4.39. The van der Waals surface area contributed by atoms with Crippen LogP contribution >= 0.6 is 0 Å². The standard InChI is InChI=1S/C8H10N2O3S/c1-6-3-4-8(7(2)5-6)9-10-14(11,12)13/h3-5H,1-2H3,(H,11,12,13). The number of hydrogen-bond acceptors (Lipinski definition) is 3. The Labute approximate surface area is 82.4 Å². The van der Waals surface area contributed by atoms with Gasteiger partial charge in [-0.1, -0.05) is 17.7 Å². The van der Waals surface area contributed by atoms with Gasteiger partial charge in [0.05, 0.1) is 5.69 Å². The van der Waals surface area contributed by atoms with Crippen LogP contribution in [0, 0.1) is 13.8 Å². The van der Waals surface area contributed by atoms with E-state index in [0.717, 1.165) is 11.1 Å². The molecule has 1 aromatic carbocycles. The molecule has 0 saturated carbocycles. The molecule has 0 spiro atoms. The second-order valence-corrected chi connectivity index (χ2v) is 3.98. The average Bonchev–Trinajstić information content (AvgIpc) is 2.00. The van der Waals surface area contributed by atoms with E-state index in [1.54, 1.807) is 19.1 Å². The zero-order valence-corrected chi connectivity index (χ0v) is 8.61. The van der Waals surface area contributed by atoms with E-state index in [-0.39, 0.29) is 0 Å². The first-order chi connectivity index (χ1) is 6.38. The summed E-state index contributed by atoms with van der Waals surface area (Å²) in [6.07, 6.45) is 0. The maximum absolute atomic E-state index is 10.3. The third-order valence-corrected chi connectivity index (χ3v) is 1.89. The molecule has 0 heterocycles. The predicted octanol–water partition coefficient (Wildman–Crippen LogP) is 2.19. The Balaban J connectivity index is 3.05. The van der Waals surface area contributed by atoms with Gasteiger partial charge in [0.15, 0.2) is 0 Å². The largest absolute Gasteiger partial charge is 0.396 e. The van der Waals surface area contributed by atoms with Gasteiger partial charge in [-0.05, 0) is 30.0 Å². The molecule has 0 saturated heterocycles. The summed E-state index contributed by atoms with van der Waals surface area (Å²) in [6, 6.07) is 5.27. The molecule has 1 aromatic rings. The van der Waals surface area contributed by atoms with Crippen LogP contribution in [0.5, 0.6) is 0 Å². The molecule has 1 N–H and O–H groups in total. The SMILES string of the molecule is Cc1ccc(N=NS(=O)(=O)O)c(C)c1. The van der Waals surface area contributed by atoms with Gasteiger partial charge in [-0.2, -0.15) is 8.42 Å². The highest BCUT2D eigenvalue weighted by molar-refractivity contribution is 7.84. The first kappa shape index (κ1) is 10.8. The minimum atomic E-state index is -4.39. The first-order valence-corrected chi connectivity index (χ1v) is 5.26. The van der Waals surface area contributed by atoms with Crippen LogP contribution in [-0.4, -0.2) is 13.0 Å². The van der Waals surface area contributed by atoms with E-state index in [4.69, 9.17) is 4.55 Å². The van der Waals surface area contributed by atoms with Gasteiger partial charge in [0.25, 0.3) is 0 Å². The molecule has 14 heavy (non-hydrogen) atoms. The van der Waals surface area contributed by atoms with Crippen LogP contribution in [-0.2, 0) is 10.3 Å². The van der Waals surface area contributed by atoms with Crippen LogP contribution in [0.4, 0.5) is 5.69 Å². The van der Waals surface area contributed by atoms with E-state index in [1.807, 2.05) is 13.0 Å². The lowest BCUT2D eigenvalue weighted by Crippen LogP contribution is -1.88. The summed E-state index contributed by atoms with van der Waals surface area (Å²) in [5.74, 6) is 0. The number of rotatable bonds is 2. The number of benzene rings is 1. The second kappa shape index (κ2) is 3.85. The van der Waals surface area contributed by atoms with Gasteiger partial charge in [0.2, 0.25) is 0 Å². The topological polar surface area (TPSA) is 79.1 Å². The van der Waals surface area contributed by atoms with Gasteiger partial charge in [-0.3, -0.25) is 4.55 Å². The summed E-state index contributed by atoms with van der Waals surface area (Å²) in [6.45, 7) is 3.70. The Morgan fingerprint density at radius 3 is 2.43 bits per heavy atom. The molecule has 0 amide bonds. The Morgan fingerprint density at radius 1 is 1.29 bits per heavy atom. The number of nitrogens with zero attached hydrogens (tertiary/aromatic N) is 2. The van der Waals surface area contributed by atoms with Crippen LogP contribution in [0.3, 0.4) is 0 Å². The van der Waals surface area contributed by atoms with E-state index in [2.05, 4.69) is 9.63 Å². The summed E-state index contributed by atoms with van der Waals surface area (Å²) >= 11 is 0. The predicted molar refractivity (Wildman–Crippen MR) is 52.0 cm³/mol. The lowest BCUT2D eigenvalue weighted by atomic mass is 10.1. The molecule has 0 bridgehead atoms. The van der Waals surface area contributed by atoms with Crippen LogP contribution in [0.1, 0.15) is 11.1 Å². The summed E-state index contributed by atoms with van der Waals surface area (Å²) in [5.41, 5.74) is 2.28. The molecule has 5 nitrogen and oxygen atoms in total. The van der Waals surface area contributed by atoms with E-state index >= 15 is 0 Å². The van der Waals surface area contributed by atoms with Gasteiger partial charge in [-0.25, -0.2) is 0 Å². The molecular weight excluding hydrogens is 204 g/mol. The van der Waals surface area contributed by atoms with Crippen molar-refractivity contribution in [2.75, 3.05) is 0 Å². The van der Waals surface area contributed by atoms with Crippen molar-refractivity contribution in [2.24, 2.45) is 9.63 Å². The van der Waals surface area contributed by atoms with E-state index in [1.165, 1.54) is 0 Å². The molecule has 0 aliphatic rings. The van der Waals surface area contributed by atoms with Crippen molar-refractivity contribution in [3.05, 3.63) is 29.3 Å². The highest BCUT2D eigenvalue weighted by Gasteiger charge is 2.00. The number of aryl methyl sites for hydroxylation is 2. The molecule has 0 aromatic heterocycles. The minimum Gasteiger partial charge on any atom is -0.267 e. The molecule has 0 unspecified atom stereocenters. The normalized spacial score (nSPS) is 12.2. The molecule has 0 aliphatic carbocycles. The summed E-state index contributed by atoms with van der Waals surface area (Å²) in [4.78, 5) is 0. The van der Waals surface area contributed by atoms with Crippen molar-refractivity contribution in [3.8, 4) is 0 Å². The Kier molecular flexibility index (Phi) is 2.97. The number of hydrogen-bond donors (Lipinski definition) is 1. The zero-order valence-electron chi connectivity index (χ0n) is 7.80.